The third kappa shape index (κ3) is 4.18. The van der Waals surface area contributed by atoms with Crippen molar-refractivity contribution in [1.29, 1.82) is 0 Å². The number of likely N-dealkylation sites (tertiary alicyclic amines) is 1. The Hall–Kier alpha value is -1.26. The molecule has 0 radical (unpaired) electrons. The van der Waals surface area contributed by atoms with Crippen LogP contribution >= 0.6 is 11.6 Å². The topological polar surface area (TPSA) is 38.8 Å². The van der Waals surface area contributed by atoms with Crippen LogP contribution in [0.5, 0.6) is 5.75 Å². The van der Waals surface area contributed by atoms with E-state index in [1.54, 1.807) is 0 Å². The summed E-state index contributed by atoms with van der Waals surface area (Å²) < 4.78 is 11.6. The Kier molecular flexibility index (Phi) is 5.44. The molecule has 0 spiro atoms. The Bertz CT molecular complexity index is 557. The summed E-state index contributed by atoms with van der Waals surface area (Å²) in [6.45, 7) is 5.32. The van der Waals surface area contributed by atoms with E-state index in [1.807, 2.05) is 18.2 Å². The fourth-order valence-corrected chi connectivity index (χ4v) is 3.76. The van der Waals surface area contributed by atoms with Crippen molar-refractivity contribution in [3.63, 3.8) is 0 Å². The highest BCUT2D eigenvalue weighted by molar-refractivity contribution is 6.30. The second kappa shape index (κ2) is 7.54. The molecule has 0 bridgehead atoms. The van der Waals surface area contributed by atoms with Gasteiger partial charge in [0.05, 0.1) is 6.61 Å². The number of esters is 1. The number of halogens is 1. The van der Waals surface area contributed by atoms with Gasteiger partial charge in [0, 0.05) is 30.0 Å². The molecule has 2 aliphatic heterocycles. The van der Waals surface area contributed by atoms with E-state index in [9.17, 15) is 4.79 Å². The molecule has 1 aromatic carbocycles. The Morgan fingerprint density at radius 1 is 1.35 bits per heavy atom. The number of piperidine rings is 1. The quantitative estimate of drug-likeness (QED) is 0.786. The maximum atomic E-state index is 11.6. The van der Waals surface area contributed by atoms with Crippen LogP contribution in [0.1, 0.15) is 44.3 Å². The van der Waals surface area contributed by atoms with Crippen molar-refractivity contribution in [2.75, 3.05) is 26.2 Å². The molecule has 1 saturated heterocycles. The van der Waals surface area contributed by atoms with Crippen LogP contribution in [0.25, 0.3) is 0 Å². The highest BCUT2D eigenvalue weighted by atomic mass is 35.5. The maximum Gasteiger partial charge on any atom is 0.303 e. The summed E-state index contributed by atoms with van der Waals surface area (Å²) in [7, 11) is 0. The zero-order valence-electron chi connectivity index (χ0n) is 13.6. The Balaban J connectivity index is 1.84. The van der Waals surface area contributed by atoms with E-state index in [2.05, 4.69) is 4.90 Å². The number of carbonyl (C=O) groups excluding carboxylic acids is 1. The number of rotatable bonds is 3. The van der Waals surface area contributed by atoms with Crippen LogP contribution in [0, 0.1) is 5.92 Å². The average molecular weight is 338 g/mol. The van der Waals surface area contributed by atoms with Gasteiger partial charge in [0.1, 0.15) is 11.9 Å². The van der Waals surface area contributed by atoms with Crippen LogP contribution in [0.4, 0.5) is 0 Å². The van der Waals surface area contributed by atoms with E-state index in [4.69, 9.17) is 21.1 Å². The van der Waals surface area contributed by atoms with E-state index in [0.29, 0.717) is 11.6 Å². The minimum Gasteiger partial charge on any atom is -0.493 e. The maximum absolute atomic E-state index is 11.6. The summed E-state index contributed by atoms with van der Waals surface area (Å²) in [5.74, 6) is 0.741. The molecule has 2 heterocycles. The molecule has 0 aromatic heterocycles. The number of benzene rings is 1. The predicted molar refractivity (Wildman–Crippen MR) is 89.9 cm³/mol. The molecule has 1 fully saturated rings. The first-order valence-corrected chi connectivity index (χ1v) is 8.83. The van der Waals surface area contributed by atoms with E-state index >= 15 is 0 Å². The minimum absolute atomic E-state index is 0.249. The van der Waals surface area contributed by atoms with Crippen molar-refractivity contribution in [2.24, 2.45) is 5.92 Å². The van der Waals surface area contributed by atoms with Gasteiger partial charge in [-0.15, -0.1) is 0 Å². The lowest BCUT2D eigenvalue weighted by molar-refractivity contribution is -0.150. The molecule has 4 nitrogen and oxygen atoms in total. The first kappa shape index (κ1) is 16.6. The Morgan fingerprint density at radius 2 is 2.13 bits per heavy atom. The lowest BCUT2D eigenvalue weighted by atomic mass is 9.92. The number of ether oxygens (including phenoxy) is 2. The van der Waals surface area contributed by atoms with Gasteiger partial charge >= 0.3 is 5.97 Å². The van der Waals surface area contributed by atoms with Gasteiger partial charge in [0.15, 0.2) is 0 Å². The monoisotopic (exact) mass is 337 g/mol. The van der Waals surface area contributed by atoms with Crippen LogP contribution in [0.3, 0.4) is 0 Å². The summed E-state index contributed by atoms with van der Waals surface area (Å²) in [4.78, 5) is 14.1. The molecule has 5 heteroatoms. The van der Waals surface area contributed by atoms with E-state index in [-0.39, 0.29) is 18.0 Å². The van der Waals surface area contributed by atoms with Crippen LogP contribution in [-0.2, 0) is 9.53 Å². The fraction of sp³-hybridized carbons (Fsp3) is 0.611. The number of nitrogens with zero attached hydrogens (tertiary/aromatic N) is 1. The Morgan fingerprint density at radius 3 is 2.87 bits per heavy atom. The second-order valence-electron chi connectivity index (χ2n) is 6.47. The van der Waals surface area contributed by atoms with Gasteiger partial charge in [-0.3, -0.25) is 4.79 Å². The number of fused-ring (bicyclic) bond motifs is 1. The predicted octanol–water partition coefficient (Wildman–Crippen LogP) is 3.83. The van der Waals surface area contributed by atoms with E-state index < -0.39 is 0 Å². The number of carbonyl (C=O) groups is 1. The highest BCUT2D eigenvalue weighted by Crippen LogP contribution is 2.39. The van der Waals surface area contributed by atoms with Gasteiger partial charge in [0.25, 0.3) is 0 Å². The molecule has 2 aliphatic rings. The van der Waals surface area contributed by atoms with Crippen molar-refractivity contribution >= 4 is 17.6 Å². The van der Waals surface area contributed by atoms with Crippen LogP contribution in [0.15, 0.2) is 18.2 Å². The summed E-state index contributed by atoms with van der Waals surface area (Å²) in [5.41, 5.74) is 0.934. The summed E-state index contributed by atoms with van der Waals surface area (Å²) in [6.07, 6.45) is 4.45. The van der Waals surface area contributed by atoms with Gasteiger partial charge in [-0.2, -0.15) is 0 Å². The molecule has 3 rings (SSSR count). The van der Waals surface area contributed by atoms with Crippen LogP contribution < -0.4 is 4.74 Å². The highest BCUT2D eigenvalue weighted by Gasteiger charge is 2.33. The van der Waals surface area contributed by atoms with E-state index in [1.165, 1.54) is 26.2 Å². The lowest BCUT2D eigenvalue weighted by Crippen LogP contribution is -2.37. The molecule has 126 valence electrons. The molecule has 23 heavy (non-hydrogen) atoms. The molecule has 0 aliphatic carbocycles. The van der Waals surface area contributed by atoms with Gasteiger partial charge in [-0.05, 0) is 44.5 Å². The zero-order chi connectivity index (χ0) is 16.2. The molecule has 1 aromatic rings. The third-order valence-corrected chi connectivity index (χ3v) is 4.93. The Labute approximate surface area is 142 Å². The van der Waals surface area contributed by atoms with Crippen molar-refractivity contribution in [1.82, 2.24) is 4.90 Å². The van der Waals surface area contributed by atoms with Crippen molar-refractivity contribution in [3.05, 3.63) is 28.8 Å². The molecule has 0 unspecified atom stereocenters. The average Bonchev–Trinajstić information content (AvgIpc) is 2.68. The molecule has 0 amide bonds. The van der Waals surface area contributed by atoms with Gasteiger partial charge in [-0.1, -0.05) is 24.1 Å². The fourth-order valence-electron chi connectivity index (χ4n) is 3.59. The normalized spacial score (nSPS) is 25.1. The minimum atomic E-state index is -0.260. The van der Waals surface area contributed by atoms with E-state index in [0.717, 1.165) is 37.4 Å². The van der Waals surface area contributed by atoms with Crippen LogP contribution in [-0.4, -0.2) is 37.1 Å². The standard InChI is InChI=1S/C18H24ClNO3/c1-13(21)23-18-14(12-20-8-3-2-4-9-20)7-10-22-17-11-15(19)5-6-16(17)18/h5-6,11,14,18H,2-4,7-10,12H2,1H3/t14-,18-/m1/s1. The summed E-state index contributed by atoms with van der Waals surface area (Å²) in [6, 6.07) is 5.58. The zero-order valence-corrected chi connectivity index (χ0v) is 14.3. The van der Waals surface area contributed by atoms with Gasteiger partial charge in [0.2, 0.25) is 0 Å². The van der Waals surface area contributed by atoms with Gasteiger partial charge in [-0.25, -0.2) is 0 Å². The van der Waals surface area contributed by atoms with Crippen molar-refractivity contribution < 1.29 is 14.3 Å². The lowest BCUT2D eigenvalue weighted by Gasteiger charge is -2.33. The summed E-state index contributed by atoms with van der Waals surface area (Å²) in [5, 5.41) is 0.639. The summed E-state index contributed by atoms with van der Waals surface area (Å²) >= 11 is 6.08. The number of hydrogen-bond acceptors (Lipinski definition) is 4. The van der Waals surface area contributed by atoms with Crippen molar-refractivity contribution in [2.45, 2.75) is 38.7 Å². The number of hydrogen-bond donors (Lipinski definition) is 0. The molecule has 0 N–H and O–H groups in total. The third-order valence-electron chi connectivity index (χ3n) is 4.69. The van der Waals surface area contributed by atoms with Crippen molar-refractivity contribution in [3.8, 4) is 5.75 Å². The molecule has 2 atom stereocenters. The smallest absolute Gasteiger partial charge is 0.303 e. The van der Waals surface area contributed by atoms with Crippen LogP contribution in [0.2, 0.25) is 5.02 Å². The first-order valence-electron chi connectivity index (χ1n) is 8.45. The first-order chi connectivity index (χ1) is 11.1. The van der Waals surface area contributed by atoms with Gasteiger partial charge < -0.3 is 14.4 Å². The SMILES string of the molecule is CC(=O)O[C@H]1c2ccc(Cl)cc2OCC[C@@H]1CN1CCCCC1. The molecule has 0 saturated carbocycles. The largest absolute Gasteiger partial charge is 0.493 e. The molecular formula is C18H24ClNO3. The second-order valence-corrected chi connectivity index (χ2v) is 6.91. The molecular weight excluding hydrogens is 314 g/mol.